The van der Waals surface area contributed by atoms with Crippen molar-refractivity contribution in [1.29, 1.82) is 0 Å². The molecule has 0 saturated carbocycles. The van der Waals surface area contributed by atoms with Crippen molar-refractivity contribution in [2.75, 3.05) is 11.9 Å². The molecule has 0 aliphatic heterocycles. The second-order valence-electron chi connectivity index (χ2n) is 5.97. The van der Waals surface area contributed by atoms with Gasteiger partial charge in [-0.2, -0.15) is 4.98 Å². The molecular formula is C14H27N3O. The molecule has 1 aromatic heterocycles. The van der Waals surface area contributed by atoms with E-state index in [1.165, 1.54) is 6.42 Å². The maximum Gasteiger partial charge on any atom is 0.297 e. The van der Waals surface area contributed by atoms with Gasteiger partial charge in [-0.1, -0.05) is 13.3 Å². The largest absolute Gasteiger partial charge is 0.432 e. The Bertz CT molecular complexity index is 354. The fourth-order valence-corrected chi connectivity index (χ4v) is 1.70. The Morgan fingerprint density at radius 1 is 1.44 bits per heavy atom. The monoisotopic (exact) mass is 253 g/mol. The molecule has 1 heterocycles. The van der Waals surface area contributed by atoms with Crippen LogP contribution in [0.1, 0.15) is 53.2 Å². The quantitative estimate of drug-likeness (QED) is 0.845. The van der Waals surface area contributed by atoms with Gasteiger partial charge in [-0.15, -0.1) is 0 Å². The lowest BCUT2D eigenvalue weighted by atomic mass is 10.1. The SMILES string of the molecule is CCCC(C)N(C)c1nc(CNC(C)(C)C)co1. The molecular weight excluding hydrogens is 226 g/mol. The summed E-state index contributed by atoms with van der Waals surface area (Å²) in [6, 6.07) is 1.17. The van der Waals surface area contributed by atoms with Crippen molar-refractivity contribution in [3.05, 3.63) is 12.0 Å². The smallest absolute Gasteiger partial charge is 0.297 e. The van der Waals surface area contributed by atoms with Crippen LogP contribution in [-0.4, -0.2) is 23.6 Å². The van der Waals surface area contributed by atoms with Gasteiger partial charge < -0.3 is 14.6 Å². The lowest BCUT2D eigenvalue weighted by molar-refractivity contribution is 0.421. The molecule has 1 unspecified atom stereocenters. The van der Waals surface area contributed by atoms with Crippen LogP contribution in [0.25, 0.3) is 0 Å². The van der Waals surface area contributed by atoms with Gasteiger partial charge in [-0.25, -0.2) is 0 Å². The van der Waals surface area contributed by atoms with Crippen LogP contribution in [0.4, 0.5) is 6.01 Å². The minimum absolute atomic E-state index is 0.0977. The highest BCUT2D eigenvalue weighted by molar-refractivity contribution is 5.26. The molecule has 0 aliphatic carbocycles. The van der Waals surface area contributed by atoms with Gasteiger partial charge >= 0.3 is 0 Å². The van der Waals surface area contributed by atoms with Gasteiger partial charge in [-0.05, 0) is 34.1 Å². The van der Waals surface area contributed by atoms with E-state index in [9.17, 15) is 0 Å². The molecule has 4 nitrogen and oxygen atoms in total. The molecule has 0 aliphatic rings. The lowest BCUT2D eigenvalue weighted by Gasteiger charge is -2.22. The number of hydrogen-bond acceptors (Lipinski definition) is 4. The van der Waals surface area contributed by atoms with Crippen molar-refractivity contribution < 1.29 is 4.42 Å². The third-order valence-electron chi connectivity index (χ3n) is 3.01. The van der Waals surface area contributed by atoms with Crippen LogP contribution in [0.2, 0.25) is 0 Å². The third kappa shape index (κ3) is 4.69. The second kappa shape index (κ2) is 6.23. The van der Waals surface area contributed by atoms with Crippen LogP contribution < -0.4 is 10.2 Å². The van der Waals surface area contributed by atoms with E-state index in [0.717, 1.165) is 18.7 Å². The Balaban J connectivity index is 2.57. The van der Waals surface area contributed by atoms with Crippen molar-refractivity contribution >= 4 is 6.01 Å². The minimum atomic E-state index is 0.0977. The topological polar surface area (TPSA) is 41.3 Å². The molecule has 0 aromatic carbocycles. The number of hydrogen-bond donors (Lipinski definition) is 1. The molecule has 1 aromatic rings. The first-order chi connectivity index (χ1) is 8.33. The molecule has 0 amide bonds. The van der Waals surface area contributed by atoms with E-state index in [1.54, 1.807) is 6.26 Å². The van der Waals surface area contributed by atoms with Crippen LogP contribution in [0.15, 0.2) is 10.7 Å². The normalized spacial score (nSPS) is 13.7. The molecule has 1 atom stereocenters. The highest BCUT2D eigenvalue weighted by Crippen LogP contribution is 2.17. The van der Waals surface area contributed by atoms with Crippen molar-refractivity contribution in [2.45, 2.75) is 65.6 Å². The van der Waals surface area contributed by atoms with Gasteiger partial charge in [-0.3, -0.25) is 0 Å². The standard InChI is InChI=1S/C14H27N3O/c1-7-8-11(2)17(6)13-16-12(10-18-13)9-15-14(3,4)5/h10-11,15H,7-9H2,1-6H3. The van der Waals surface area contributed by atoms with Gasteiger partial charge in [0.25, 0.3) is 6.01 Å². The van der Waals surface area contributed by atoms with E-state index in [-0.39, 0.29) is 5.54 Å². The highest BCUT2D eigenvalue weighted by Gasteiger charge is 2.15. The van der Waals surface area contributed by atoms with Gasteiger partial charge in [0, 0.05) is 25.2 Å². The Morgan fingerprint density at radius 2 is 2.11 bits per heavy atom. The maximum absolute atomic E-state index is 5.53. The molecule has 0 bridgehead atoms. The summed E-state index contributed by atoms with van der Waals surface area (Å²) in [5, 5.41) is 3.40. The average molecular weight is 253 g/mol. The highest BCUT2D eigenvalue weighted by atomic mass is 16.4. The van der Waals surface area contributed by atoms with Gasteiger partial charge in [0.15, 0.2) is 0 Å². The molecule has 0 saturated heterocycles. The number of nitrogens with one attached hydrogen (secondary N) is 1. The Kier molecular flexibility index (Phi) is 5.20. The summed E-state index contributed by atoms with van der Waals surface area (Å²) in [5.41, 5.74) is 1.05. The second-order valence-corrected chi connectivity index (χ2v) is 5.97. The summed E-state index contributed by atoms with van der Waals surface area (Å²) in [4.78, 5) is 6.61. The zero-order valence-electron chi connectivity index (χ0n) is 12.6. The minimum Gasteiger partial charge on any atom is -0.432 e. The van der Waals surface area contributed by atoms with Crippen molar-refractivity contribution in [2.24, 2.45) is 0 Å². The molecule has 4 heteroatoms. The van der Waals surface area contributed by atoms with Crippen molar-refractivity contribution in [1.82, 2.24) is 10.3 Å². The van der Waals surface area contributed by atoms with Gasteiger partial charge in [0.05, 0.1) is 5.69 Å². The van der Waals surface area contributed by atoms with Crippen LogP contribution in [0.5, 0.6) is 0 Å². The first kappa shape index (κ1) is 15.0. The number of nitrogens with zero attached hydrogens (tertiary/aromatic N) is 2. The Labute approximate surface area is 111 Å². The van der Waals surface area contributed by atoms with E-state index in [2.05, 4.69) is 49.8 Å². The van der Waals surface area contributed by atoms with Crippen molar-refractivity contribution in [3.63, 3.8) is 0 Å². The number of aromatic nitrogens is 1. The summed E-state index contributed by atoms with van der Waals surface area (Å²) in [5.74, 6) is 0. The van der Waals surface area contributed by atoms with Crippen LogP contribution in [0.3, 0.4) is 0 Å². The molecule has 0 spiro atoms. The zero-order valence-corrected chi connectivity index (χ0v) is 12.6. The van der Waals surface area contributed by atoms with Gasteiger partial charge in [0.2, 0.25) is 0 Å². The number of oxazole rings is 1. The van der Waals surface area contributed by atoms with Crippen molar-refractivity contribution in [3.8, 4) is 0 Å². The molecule has 0 fully saturated rings. The zero-order chi connectivity index (χ0) is 13.8. The molecule has 1 N–H and O–H groups in total. The molecule has 104 valence electrons. The predicted molar refractivity (Wildman–Crippen MR) is 75.9 cm³/mol. The fraction of sp³-hybridized carbons (Fsp3) is 0.786. The van der Waals surface area contributed by atoms with E-state index in [1.807, 2.05) is 7.05 Å². The van der Waals surface area contributed by atoms with Crippen LogP contribution >= 0.6 is 0 Å². The fourth-order valence-electron chi connectivity index (χ4n) is 1.70. The third-order valence-corrected chi connectivity index (χ3v) is 3.01. The predicted octanol–water partition coefficient (Wildman–Crippen LogP) is 3.19. The maximum atomic E-state index is 5.53. The molecule has 0 radical (unpaired) electrons. The van der Waals surface area contributed by atoms with E-state index in [0.29, 0.717) is 12.1 Å². The van der Waals surface area contributed by atoms with Gasteiger partial charge in [0.1, 0.15) is 6.26 Å². The van der Waals surface area contributed by atoms with Crippen LogP contribution in [-0.2, 0) is 6.54 Å². The summed E-state index contributed by atoms with van der Waals surface area (Å²) in [6.45, 7) is 11.6. The summed E-state index contributed by atoms with van der Waals surface area (Å²) in [7, 11) is 2.03. The number of anilines is 1. The summed E-state index contributed by atoms with van der Waals surface area (Å²) >= 11 is 0. The summed E-state index contributed by atoms with van der Waals surface area (Å²) in [6.07, 6.45) is 4.06. The first-order valence-electron chi connectivity index (χ1n) is 6.75. The average Bonchev–Trinajstić information content (AvgIpc) is 2.73. The van der Waals surface area contributed by atoms with Crippen LogP contribution in [0, 0.1) is 0 Å². The Hall–Kier alpha value is -1.03. The molecule has 18 heavy (non-hydrogen) atoms. The van der Waals surface area contributed by atoms with E-state index < -0.39 is 0 Å². The molecule has 1 rings (SSSR count). The van der Waals surface area contributed by atoms with E-state index in [4.69, 9.17) is 4.42 Å². The van der Waals surface area contributed by atoms with E-state index >= 15 is 0 Å². The Morgan fingerprint density at radius 3 is 2.67 bits per heavy atom. The first-order valence-corrected chi connectivity index (χ1v) is 6.75. The summed E-state index contributed by atoms with van der Waals surface area (Å²) < 4.78 is 5.53. The number of rotatable bonds is 6. The lowest BCUT2D eigenvalue weighted by Crippen LogP contribution is -2.35.